The van der Waals surface area contributed by atoms with E-state index in [1.54, 1.807) is 0 Å². The molecule has 0 saturated carbocycles. The number of aromatic hydroxyl groups is 1. The third-order valence-corrected chi connectivity index (χ3v) is 3.70. The summed E-state index contributed by atoms with van der Waals surface area (Å²) >= 11 is 14.7. The number of rotatable bonds is 3. The maximum atomic E-state index is 13.6. The van der Waals surface area contributed by atoms with E-state index >= 15 is 0 Å². The van der Waals surface area contributed by atoms with Crippen LogP contribution in [0.5, 0.6) is 5.75 Å². The second-order valence-corrected chi connectivity index (χ2v) is 5.69. The van der Waals surface area contributed by atoms with E-state index in [0.717, 1.165) is 12.1 Å². The van der Waals surface area contributed by atoms with Gasteiger partial charge in [-0.15, -0.1) is 0 Å². The molecule has 2 N–H and O–H groups in total. The Morgan fingerprint density at radius 3 is 2.50 bits per heavy atom. The molecule has 0 bridgehead atoms. The lowest BCUT2D eigenvalue weighted by molar-refractivity contribution is 0.469. The molecule has 0 aromatic heterocycles. The number of phenolic OH excluding ortho intramolecular Hbond substituents is 1. The highest BCUT2D eigenvalue weighted by atomic mass is 79.9. The van der Waals surface area contributed by atoms with Gasteiger partial charge < -0.3 is 10.4 Å². The maximum Gasteiger partial charge on any atom is 0.150 e. The molecule has 0 radical (unpaired) electrons. The van der Waals surface area contributed by atoms with E-state index in [1.807, 2.05) is 0 Å². The van der Waals surface area contributed by atoms with Crippen LogP contribution in [0, 0.1) is 11.6 Å². The number of benzene rings is 2. The van der Waals surface area contributed by atoms with Crippen molar-refractivity contribution < 1.29 is 13.9 Å². The van der Waals surface area contributed by atoms with Gasteiger partial charge in [-0.2, -0.15) is 0 Å². The fourth-order valence-corrected chi connectivity index (χ4v) is 2.73. The van der Waals surface area contributed by atoms with E-state index in [-0.39, 0.29) is 27.5 Å². The average Bonchev–Trinajstić information content (AvgIpc) is 2.33. The molecular formula is C13H8BrCl2F2NO. The second-order valence-electron chi connectivity index (χ2n) is 3.99. The van der Waals surface area contributed by atoms with Crippen LogP contribution in [0.4, 0.5) is 14.5 Å². The predicted octanol–water partition coefficient (Wildman–Crippen LogP) is 5.35. The molecule has 2 aromatic rings. The number of phenols is 1. The van der Waals surface area contributed by atoms with Crippen molar-refractivity contribution in [3.8, 4) is 5.75 Å². The normalized spacial score (nSPS) is 10.7. The number of hydrogen-bond donors (Lipinski definition) is 2. The van der Waals surface area contributed by atoms with Crippen molar-refractivity contribution in [1.82, 2.24) is 0 Å². The van der Waals surface area contributed by atoms with E-state index in [4.69, 9.17) is 23.2 Å². The first-order chi connectivity index (χ1) is 9.38. The van der Waals surface area contributed by atoms with Crippen molar-refractivity contribution in [2.75, 3.05) is 5.32 Å². The summed E-state index contributed by atoms with van der Waals surface area (Å²) in [6.07, 6.45) is 0. The number of hydrogen-bond acceptors (Lipinski definition) is 2. The van der Waals surface area contributed by atoms with Gasteiger partial charge in [-0.3, -0.25) is 0 Å². The average molecular weight is 383 g/mol. The van der Waals surface area contributed by atoms with Crippen LogP contribution >= 0.6 is 39.1 Å². The second kappa shape index (κ2) is 6.16. The minimum absolute atomic E-state index is 0.0767. The van der Waals surface area contributed by atoms with Crippen molar-refractivity contribution in [3.63, 3.8) is 0 Å². The molecule has 0 atom stereocenters. The Morgan fingerprint density at radius 1 is 1.15 bits per heavy atom. The quantitative estimate of drug-likeness (QED) is 0.749. The molecule has 0 spiro atoms. The summed E-state index contributed by atoms with van der Waals surface area (Å²) in [7, 11) is 0. The number of halogens is 5. The molecule has 0 aliphatic heterocycles. The first-order valence-corrected chi connectivity index (χ1v) is 6.98. The monoisotopic (exact) mass is 381 g/mol. The highest BCUT2D eigenvalue weighted by molar-refractivity contribution is 9.10. The Bertz CT molecular complexity index is 644. The summed E-state index contributed by atoms with van der Waals surface area (Å²) in [5.41, 5.74) is 0.486. The predicted molar refractivity (Wildman–Crippen MR) is 79.5 cm³/mol. The van der Waals surface area contributed by atoms with Crippen LogP contribution in [0.1, 0.15) is 5.56 Å². The van der Waals surface area contributed by atoms with Crippen molar-refractivity contribution in [3.05, 3.63) is 56.0 Å². The van der Waals surface area contributed by atoms with Crippen molar-refractivity contribution in [2.24, 2.45) is 0 Å². The van der Waals surface area contributed by atoms with Gasteiger partial charge >= 0.3 is 0 Å². The molecule has 0 amide bonds. The summed E-state index contributed by atoms with van der Waals surface area (Å²) in [6.45, 7) is 0.0767. The Balaban J connectivity index is 2.26. The van der Waals surface area contributed by atoms with Gasteiger partial charge in [0.05, 0.1) is 10.7 Å². The van der Waals surface area contributed by atoms with E-state index in [0.29, 0.717) is 10.6 Å². The van der Waals surface area contributed by atoms with Gasteiger partial charge in [-0.1, -0.05) is 23.2 Å². The summed E-state index contributed by atoms with van der Waals surface area (Å²) in [6, 6.07) is 4.80. The van der Waals surface area contributed by atoms with Crippen LogP contribution in [-0.4, -0.2) is 5.11 Å². The van der Waals surface area contributed by atoms with Gasteiger partial charge in [0.25, 0.3) is 0 Å². The molecule has 0 aliphatic carbocycles. The fourth-order valence-electron chi connectivity index (χ4n) is 1.65. The zero-order chi connectivity index (χ0) is 14.9. The largest absolute Gasteiger partial charge is 0.506 e. The third-order valence-electron chi connectivity index (χ3n) is 2.57. The summed E-state index contributed by atoms with van der Waals surface area (Å²) in [5.74, 6) is -1.57. The Hall–Kier alpha value is -1.04. The molecular weight excluding hydrogens is 375 g/mol. The molecule has 0 unspecified atom stereocenters. The zero-order valence-corrected chi connectivity index (χ0v) is 13.0. The lowest BCUT2D eigenvalue weighted by Crippen LogP contribution is -2.03. The minimum Gasteiger partial charge on any atom is -0.506 e. The van der Waals surface area contributed by atoms with Gasteiger partial charge in [-0.25, -0.2) is 8.78 Å². The molecule has 0 aliphatic rings. The van der Waals surface area contributed by atoms with Crippen LogP contribution in [0.15, 0.2) is 28.7 Å². The van der Waals surface area contributed by atoms with E-state index in [2.05, 4.69) is 21.2 Å². The number of anilines is 1. The third kappa shape index (κ3) is 3.34. The SMILES string of the molecule is Oc1c(Cl)cc(Cl)cc1CNc1c(F)cc(F)cc1Br. The van der Waals surface area contributed by atoms with Crippen LogP contribution < -0.4 is 5.32 Å². The lowest BCUT2D eigenvalue weighted by atomic mass is 10.2. The van der Waals surface area contributed by atoms with E-state index in [1.165, 1.54) is 12.1 Å². The molecule has 2 aromatic carbocycles. The summed E-state index contributed by atoms with van der Waals surface area (Å²) in [4.78, 5) is 0. The van der Waals surface area contributed by atoms with Crippen molar-refractivity contribution >= 4 is 44.8 Å². The smallest absolute Gasteiger partial charge is 0.150 e. The van der Waals surface area contributed by atoms with Gasteiger partial charge in [0.15, 0.2) is 0 Å². The standard InChI is InChI=1S/C13H8BrCl2F2NO/c14-9-3-8(17)4-11(18)12(9)19-5-6-1-7(15)2-10(16)13(6)20/h1-4,19-20H,5H2. The molecule has 0 heterocycles. The first kappa shape index (κ1) is 15.4. The fraction of sp³-hybridized carbons (Fsp3) is 0.0769. The van der Waals surface area contributed by atoms with E-state index in [9.17, 15) is 13.9 Å². The molecule has 106 valence electrons. The Morgan fingerprint density at radius 2 is 1.85 bits per heavy atom. The van der Waals surface area contributed by atoms with Crippen molar-refractivity contribution in [2.45, 2.75) is 6.54 Å². The topological polar surface area (TPSA) is 32.3 Å². The van der Waals surface area contributed by atoms with Gasteiger partial charge in [0.1, 0.15) is 17.4 Å². The molecule has 2 rings (SSSR count). The molecule has 0 saturated heterocycles. The summed E-state index contributed by atoms with van der Waals surface area (Å²) < 4.78 is 26.8. The summed E-state index contributed by atoms with van der Waals surface area (Å²) in [5, 5.41) is 13.0. The van der Waals surface area contributed by atoms with Gasteiger partial charge in [-0.05, 0) is 34.1 Å². The molecule has 0 fully saturated rings. The first-order valence-electron chi connectivity index (χ1n) is 5.44. The lowest BCUT2D eigenvalue weighted by Gasteiger charge is -2.12. The van der Waals surface area contributed by atoms with Crippen LogP contribution in [-0.2, 0) is 6.54 Å². The van der Waals surface area contributed by atoms with Crippen LogP contribution in [0.3, 0.4) is 0 Å². The number of nitrogens with one attached hydrogen (secondary N) is 1. The molecule has 20 heavy (non-hydrogen) atoms. The molecule has 2 nitrogen and oxygen atoms in total. The minimum atomic E-state index is -0.746. The van der Waals surface area contributed by atoms with Gasteiger partial charge in [0, 0.05) is 27.7 Å². The highest BCUT2D eigenvalue weighted by Crippen LogP contribution is 2.33. The van der Waals surface area contributed by atoms with Crippen LogP contribution in [0.2, 0.25) is 10.0 Å². The Labute approximate surface area is 132 Å². The van der Waals surface area contributed by atoms with Gasteiger partial charge in [0.2, 0.25) is 0 Å². The van der Waals surface area contributed by atoms with Crippen LogP contribution in [0.25, 0.3) is 0 Å². The zero-order valence-electron chi connectivity index (χ0n) is 9.85. The molecule has 7 heteroatoms. The highest BCUT2D eigenvalue weighted by Gasteiger charge is 2.12. The van der Waals surface area contributed by atoms with E-state index < -0.39 is 11.6 Å². The van der Waals surface area contributed by atoms with Crippen molar-refractivity contribution in [1.29, 1.82) is 0 Å². The Kier molecular flexibility index (Phi) is 4.73. The maximum absolute atomic E-state index is 13.6.